The van der Waals surface area contributed by atoms with Crippen LogP contribution in [0.3, 0.4) is 0 Å². The van der Waals surface area contributed by atoms with E-state index in [0.29, 0.717) is 5.56 Å². The van der Waals surface area contributed by atoms with Crippen molar-refractivity contribution < 1.29 is 23.9 Å². The quantitative estimate of drug-likeness (QED) is 0.647. The van der Waals surface area contributed by atoms with Gasteiger partial charge in [-0.3, -0.25) is 9.59 Å². The van der Waals surface area contributed by atoms with E-state index in [-0.39, 0.29) is 12.8 Å². The van der Waals surface area contributed by atoms with Gasteiger partial charge in [-0.2, -0.15) is 5.26 Å². The van der Waals surface area contributed by atoms with Crippen LogP contribution in [0.4, 0.5) is 4.39 Å². The van der Waals surface area contributed by atoms with Crippen molar-refractivity contribution in [1.29, 1.82) is 5.26 Å². The topological polar surface area (TPSA) is 119 Å². The second-order valence-electron chi connectivity index (χ2n) is 5.75. The van der Waals surface area contributed by atoms with Crippen molar-refractivity contribution in [3.05, 3.63) is 35.6 Å². The van der Waals surface area contributed by atoms with Crippen molar-refractivity contribution in [2.24, 2.45) is 5.92 Å². The van der Waals surface area contributed by atoms with E-state index in [1.165, 1.54) is 38.1 Å². The van der Waals surface area contributed by atoms with Crippen LogP contribution in [0.15, 0.2) is 24.3 Å². The molecule has 0 unspecified atom stereocenters. The Balaban J connectivity index is 2.91. The van der Waals surface area contributed by atoms with Gasteiger partial charge in [-0.15, -0.1) is 0 Å². The number of carbonyl (C=O) groups is 3. The largest absolute Gasteiger partial charge is 0.480 e. The van der Waals surface area contributed by atoms with Crippen LogP contribution in [0.5, 0.6) is 0 Å². The molecule has 8 heteroatoms. The van der Waals surface area contributed by atoms with Gasteiger partial charge in [0.1, 0.15) is 17.9 Å². The smallest absolute Gasteiger partial charge is 0.326 e. The van der Waals surface area contributed by atoms with E-state index in [1.807, 2.05) is 6.07 Å². The fraction of sp³-hybridized carbons (Fsp3) is 0.412. The van der Waals surface area contributed by atoms with Gasteiger partial charge in [0, 0.05) is 25.7 Å². The van der Waals surface area contributed by atoms with Gasteiger partial charge in [-0.1, -0.05) is 19.1 Å². The van der Waals surface area contributed by atoms with Crippen LogP contribution in [-0.4, -0.2) is 35.0 Å². The molecule has 0 aliphatic rings. The van der Waals surface area contributed by atoms with Crippen LogP contribution in [-0.2, 0) is 20.8 Å². The molecule has 0 aliphatic heterocycles. The predicted molar refractivity (Wildman–Crippen MR) is 86.7 cm³/mol. The van der Waals surface area contributed by atoms with Crippen LogP contribution in [0.1, 0.15) is 25.8 Å². The Kier molecular flexibility index (Phi) is 7.53. The van der Waals surface area contributed by atoms with Gasteiger partial charge in [-0.25, -0.2) is 9.18 Å². The zero-order valence-corrected chi connectivity index (χ0v) is 14.0. The molecule has 1 aromatic rings. The maximum atomic E-state index is 13.0. The minimum Gasteiger partial charge on any atom is -0.480 e. The number of benzene rings is 1. The molecule has 0 aliphatic carbocycles. The summed E-state index contributed by atoms with van der Waals surface area (Å²) in [6, 6.07) is 5.01. The summed E-state index contributed by atoms with van der Waals surface area (Å²) in [5.74, 6) is -3.44. The molecule has 2 amide bonds. The Bertz CT molecular complexity index is 669. The fourth-order valence-electron chi connectivity index (χ4n) is 2.27. The van der Waals surface area contributed by atoms with Crippen LogP contribution in [0.2, 0.25) is 0 Å². The number of carboxylic acids is 1. The zero-order valence-electron chi connectivity index (χ0n) is 14.0. The van der Waals surface area contributed by atoms with Crippen LogP contribution in [0.25, 0.3) is 0 Å². The van der Waals surface area contributed by atoms with Crippen molar-refractivity contribution in [2.75, 3.05) is 0 Å². The summed E-state index contributed by atoms with van der Waals surface area (Å²) in [7, 11) is 0. The number of carboxylic acid groups (broad SMARTS) is 1. The lowest BCUT2D eigenvalue weighted by atomic mass is 9.98. The summed E-state index contributed by atoms with van der Waals surface area (Å²) in [5.41, 5.74) is 0.604. The van der Waals surface area contributed by atoms with Crippen molar-refractivity contribution >= 4 is 17.8 Å². The van der Waals surface area contributed by atoms with Gasteiger partial charge in [-0.05, 0) is 17.7 Å². The summed E-state index contributed by atoms with van der Waals surface area (Å²) in [6.07, 6.45) is 0.0324. The summed E-state index contributed by atoms with van der Waals surface area (Å²) in [5, 5.41) is 22.8. The van der Waals surface area contributed by atoms with Gasteiger partial charge in [0.2, 0.25) is 11.8 Å². The SMILES string of the molecule is CC(=O)N[C@@H](Cc1ccc(F)cc1)C(=O)N[C@H](C(=O)O)[C@H](C)CC#N. The minimum absolute atomic E-state index is 0.0417. The molecule has 0 heterocycles. The molecular formula is C17H20FN3O4. The molecule has 0 fully saturated rings. The highest BCUT2D eigenvalue weighted by Gasteiger charge is 2.30. The Labute approximate surface area is 144 Å². The highest BCUT2D eigenvalue weighted by Crippen LogP contribution is 2.10. The number of aliphatic carboxylic acids is 1. The molecule has 0 saturated heterocycles. The molecule has 1 rings (SSSR count). The summed E-state index contributed by atoms with van der Waals surface area (Å²) >= 11 is 0. The third-order valence-corrected chi connectivity index (χ3v) is 3.59. The van der Waals surface area contributed by atoms with Crippen LogP contribution >= 0.6 is 0 Å². The van der Waals surface area contributed by atoms with Crippen LogP contribution in [0, 0.1) is 23.1 Å². The lowest BCUT2D eigenvalue weighted by Crippen LogP contribution is -2.53. The first kappa shape index (κ1) is 20.1. The molecule has 7 nitrogen and oxygen atoms in total. The number of hydrogen-bond donors (Lipinski definition) is 3. The van der Waals surface area contributed by atoms with E-state index in [1.54, 1.807) is 0 Å². The van der Waals surface area contributed by atoms with E-state index in [9.17, 15) is 23.9 Å². The molecule has 3 N–H and O–H groups in total. The summed E-state index contributed by atoms with van der Waals surface area (Å²) in [6.45, 7) is 2.77. The Morgan fingerprint density at radius 2 is 1.84 bits per heavy atom. The molecular weight excluding hydrogens is 329 g/mol. The fourth-order valence-corrected chi connectivity index (χ4v) is 2.27. The number of amides is 2. The number of rotatable bonds is 8. The Morgan fingerprint density at radius 3 is 2.32 bits per heavy atom. The van der Waals surface area contributed by atoms with Gasteiger partial charge < -0.3 is 15.7 Å². The van der Waals surface area contributed by atoms with E-state index in [4.69, 9.17) is 5.26 Å². The lowest BCUT2D eigenvalue weighted by molar-refractivity contribution is -0.143. The van der Waals surface area contributed by atoms with Crippen LogP contribution < -0.4 is 10.6 Å². The minimum atomic E-state index is -1.26. The number of carbonyl (C=O) groups excluding carboxylic acids is 2. The zero-order chi connectivity index (χ0) is 19.0. The lowest BCUT2D eigenvalue weighted by Gasteiger charge is -2.23. The molecule has 3 atom stereocenters. The van der Waals surface area contributed by atoms with Crippen molar-refractivity contribution in [1.82, 2.24) is 10.6 Å². The molecule has 0 aromatic heterocycles. The second-order valence-corrected chi connectivity index (χ2v) is 5.75. The number of hydrogen-bond acceptors (Lipinski definition) is 4. The third-order valence-electron chi connectivity index (χ3n) is 3.59. The first-order valence-corrected chi connectivity index (χ1v) is 7.66. The van der Waals surface area contributed by atoms with E-state index < -0.39 is 41.6 Å². The average Bonchev–Trinajstić information content (AvgIpc) is 2.53. The van der Waals surface area contributed by atoms with Crippen molar-refractivity contribution in [3.63, 3.8) is 0 Å². The third kappa shape index (κ3) is 6.59. The van der Waals surface area contributed by atoms with E-state index >= 15 is 0 Å². The van der Waals surface area contributed by atoms with Gasteiger partial charge in [0.05, 0.1) is 6.07 Å². The normalized spacial score (nSPS) is 13.8. The maximum Gasteiger partial charge on any atom is 0.326 e. The number of nitrogens with zero attached hydrogens (tertiary/aromatic N) is 1. The van der Waals surface area contributed by atoms with E-state index in [0.717, 1.165) is 0 Å². The highest BCUT2D eigenvalue weighted by atomic mass is 19.1. The molecule has 0 spiro atoms. The Morgan fingerprint density at radius 1 is 1.24 bits per heavy atom. The first-order chi connectivity index (χ1) is 11.7. The molecule has 25 heavy (non-hydrogen) atoms. The molecule has 0 saturated carbocycles. The monoisotopic (exact) mass is 349 g/mol. The van der Waals surface area contributed by atoms with Gasteiger partial charge in [0.15, 0.2) is 0 Å². The standard InChI is InChI=1S/C17H20FN3O4/c1-10(7-8-19)15(17(24)25)21-16(23)14(20-11(2)22)9-12-3-5-13(18)6-4-12/h3-6,10,14-15H,7,9H2,1-2H3,(H,20,22)(H,21,23)(H,24,25)/t10-,14+,15+/m1/s1. The second kappa shape index (κ2) is 9.37. The molecule has 0 bridgehead atoms. The number of nitriles is 1. The van der Waals surface area contributed by atoms with Crippen molar-refractivity contribution in [3.8, 4) is 6.07 Å². The Hall–Kier alpha value is -2.95. The molecule has 134 valence electrons. The van der Waals surface area contributed by atoms with Gasteiger partial charge in [0.25, 0.3) is 0 Å². The summed E-state index contributed by atoms with van der Waals surface area (Å²) in [4.78, 5) is 35.1. The van der Waals surface area contributed by atoms with Gasteiger partial charge >= 0.3 is 5.97 Å². The first-order valence-electron chi connectivity index (χ1n) is 7.66. The summed E-state index contributed by atoms with van der Waals surface area (Å²) < 4.78 is 13.0. The molecule has 1 aromatic carbocycles. The average molecular weight is 349 g/mol. The molecule has 0 radical (unpaired) electrons. The van der Waals surface area contributed by atoms with Crippen molar-refractivity contribution in [2.45, 2.75) is 38.8 Å². The van der Waals surface area contributed by atoms with E-state index in [2.05, 4.69) is 10.6 Å². The number of nitrogens with one attached hydrogen (secondary N) is 2. The predicted octanol–water partition coefficient (Wildman–Crippen LogP) is 0.992. The highest BCUT2D eigenvalue weighted by molar-refractivity contribution is 5.90. The number of halogens is 1. The maximum absolute atomic E-state index is 13.0.